The molecule has 3 amide bonds. The monoisotopic (exact) mass is 716 g/mol. The maximum absolute atomic E-state index is 13.3. The Morgan fingerprint density at radius 3 is 2.58 bits per heavy atom. The third-order valence-corrected chi connectivity index (χ3v) is 7.63. The number of phenols is 1. The molecular formula is C28H41IN6O8. The van der Waals surface area contributed by atoms with Crippen molar-refractivity contribution in [1.29, 1.82) is 0 Å². The molecule has 0 radical (unpaired) electrons. The fourth-order valence-corrected chi connectivity index (χ4v) is 5.00. The Morgan fingerprint density at radius 2 is 1.95 bits per heavy atom. The molecule has 1 aromatic carbocycles. The first kappa shape index (κ1) is 36.2. The molecule has 0 aromatic heterocycles. The number of benzene rings is 1. The van der Waals surface area contributed by atoms with Crippen LogP contribution in [0.4, 0.5) is 5.69 Å². The van der Waals surface area contributed by atoms with E-state index in [9.17, 15) is 34.8 Å². The average Bonchev–Trinajstić information content (AvgIpc) is 3.11. The van der Waals surface area contributed by atoms with Gasteiger partial charge in [-0.15, -0.1) is 0 Å². The number of methoxy groups -OCH3 is 1. The third kappa shape index (κ3) is 10.9. The molecule has 0 spiro atoms. The quantitative estimate of drug-likeness (QED) is 0.0443. The van der Waals surface area contributed by atoms with Crippen molar-refractivity contribution in [2.45, 2.75) is 76.9 Å². The number of aromatic hydroxyl groups is 1. The lowest BCUT2D eigenvalue weighted by Gasteiger charge is -2.29. The Morgan fingerprint density at radius 1 is 1.26 bits per heavy atom. The predicted octanol–water partition coefficient (Wildman–Crippen LogP) is 2.26. The lowest BCUT2D eigenvalue weighted by Crippen LogP contribution is -2.56. The Balaban J connectivity index is 1.95. The first-order valence-corrected chi connectivity index (χ1v) is 15.0. The van der Waals surface area contributed by atoms with Gasteiger partial charge < -0.3 is 40.7 Å². The molecule has 0 unspecified atom stereocenters. The lowest BCUT2D eigenvalue weighted by molar-refractivity contribution is -0.151. The van der Waals surface area contributed by atoms with E-state index >= 15 is 0 Å². The van der Waals surface area contributed by atoms with Gasteiger partial charge in [-0.2, -0.15) is 0 Å². The lowest BCUT2D eigenvalue weighted by atomic mass is 9.94. The summed E-state index contributed by atoms with van der Waals surface area (Å²) in [5, 5.41) is 50.2. The number of likely N-dealkylation sites (tertiary alicyclic amines) is 1. The topological polar surface area (TPSA) is 217 Å². The molecule has 5 atom stereocenters. The largest absolute Gasteiger partial charge is 0.507 e. The molecule has 0 bridgehead atoms. The highest BCUT2D eigenvalue weighted by Crippen LogP contribution is 2.30. The smallest absolute Gasteiger partial charge is 0.255 e. The Labute approximate surface area is 264 Å². The summed E-state index contributed by atoms with van der Waals surface area (Å²) in [7, 11) is 1.18. The molecule has 1 aliphatic heterocycles. The van der Waals surface area contributed by atoms with Crippen molar-refractivity contribution in [2.24, 2.45) is 10.5 Å². The number of aliphatic hydroxyl groups is 3. The highest BCUT2D eigenvalue weighted by atomic mass is 127. The second kappa shape index (κ2) is 16.8. The minimum absolute atomic E-state index is 0.0210. The van der Waals surface area contributed by atoms with Crippen molar-refractivity contribution in [3.8, 4) is 5.75 Å². The SMILES string of the molecule is CO[C@@H](C(=O)N[C@H]1CCCCN(CCCNC(=O)c2cc(I)c(N=[N+]=[N-])cc2O)C1=O)[C@H](O)[C@@H](O)[C@H](O)/C=C/C(C)(C)C. The summed E-state index contributed by atoms with van der Waals surface area (Å²) in [5.74, 6) is -1.98. The summed E-state index contributed by atoms with van der Waals surface area (Å²) in [6, 6.07) is 1.74. The van der Waals surface area contributed by atoms with Gasteiger partial charge in [-0.3, -0.25) is 14.4 Å². The second-order valence-electron chi connectivity index (χ2n) is 11.4. The van der Waals surface area contributed by atoms with E-state index in [2.05, 4.69) is 20.7 Å². The van der Waals surface area contributed by atoms with Crippen LogP contribution in [0.1, 0.15) is 56.8 Å². The van der Waals surface area contributed by atoms with Gasteiger partial charge in [0, 0.05) is 35.2 Å². The highest BCUT2D eigenvalue weighted by Gasteiger charge is 2.37. The van der Waals surface area contributed by atoms with E-state index in [0.29, 0.717) is 42.3 Å². The fourth-order valence-electron chi connectivity index (χ4n) is 4.42. The van der Waals surface area contributed by atoms with E-state index in [-0.39, 0.29) is 34.9 Å². The molecule has 14 nitrogen and oxygen atoms in total. The number of phenolic OH excluding ortho intramolecular Hbond substituents is 1. The summed E-state index contributed by atoms with van der Waals surface area (Å²) >= 11 is 1.89. The number of carbonyl (C=O) groups is 3. The van der Waals surface area contributed by atoms with Crippen molar-refractivity contribution >= 4 is 46.0 Å². The van der Waals surface area contributed by atoms with Crippen LogP contribution in [0.2, 0.25) is 0 Å². The molecule has 238 valence electrons. The molecule has 2 rings (SSSR count). The number of nitrogens with zero attached hydrogens (tertiary/aromatic N) is 4. The second-order valence-corrected chi connectivity index (χ2v) is 12.5. The molecule has 1 aromatic rings. The summed E-state index contributed by atoms with van der Waals surface area (Å²) in [6.45, 7) is 6.65. The number of amides is 3. The first-order chi connectivity index (χ1) is 20.2. The van der Waals surface area contributed by atoms with Gasteiger partial charge >= 0.3 is 0 Å². The number of rotatable bonds is 13. The summed E-state index contributed by atoms with van der Waals surface area (Å²) in [5.41, 5.74) is 8.55. The van der Waals surface area contributed by atoms with E-state index in [1.807, 2.05) is 43.4 Å². The van der Waals surface area contributed by atoms with Crippen LogP contribution in [0.3, 0.4) is 0 Å². The van der Waals surface area contributed by atoms with Crippen molar-refractivity contribution < 1.29 is 39.5 Å². The van der Waals surface area contributed by atoms with Crippen LogP contribution in [0.5, 0.6) is 5.75 Å². The molecular weight excluding hydrogens is 675 g/mol. The summed E-state index contributed by atoms with van der Waals surface area (Å²) in [6.07, 6.45) is -1.29. The van der Waals surface area contributed by atoms with Crippen molar-refractivity contribution in [3.05, 3.63) is 43.9 Å². The van der Waals surface area contributed by atoms with Gasteiger partial charge in [0.2, 0.25) is 5.91 Å². The van der Waals surface area contributed by atoms with Gasteiger partial charge in [0.05, 0.1) is 11.3 Å². The zero-order valence-electron chi connectivity index (χ0n) is 24.7. The normalized spacial score (nSPS) is 18.7. The van der Waals surface area contributed by atoms with Gasteiger partial charge in [0.25, 0.3) is 11.8 Å². The number of hydrogen-bond acceptors (Lipinski definition) is 9. The van der Waals surface area contributed by atoms with Crippen LogP contribution < -0.4 is 10.6 Å². The van der Waals surface area contributed by atoms with Crippen LogP contribution in [0, 0.1) is 8.99 Å². The molecule has 43 heavy (non-hydrogen) atoms. The number of halogens is 1. The van der Waals surface area contributed by atoms with Gasteiger partial charge in [-0.25, -0.2) is 0 Å². The molecule has 1 fully saturated rings. The Hall–Kier alpha value is -2.95. The zero-order chi connectivity index (χ0) is 32.3. The standard InChI is InChI=1S/C28H41IN6O8/c1-28(2,3)10-9-20(36)22(38)23(39)24(43-4)26(41)32-18-8-5-6-12-35(27(18)42)13-7-11-31-25(40)16-14-17(29)19(33-34-30)15-21(16)37/h9-10,14-15,18,20,22-24,36-39H,5-8,11-13H2,1-4H3,(H,31,40)(H,32,41)/b10-9+/t18-,20+,22-,23+,24+/m0/s1. The van der Waals surface area contributed by atoms with Crippen LogP contribution in [0.25, 0.3) is 10.4 Å². The van der Waals surface area contributed by atoms with E-state index in [1.165, 1.54) is 25.3 Å². The van der Waals surface area contributed by atoms with E-state index < -0.39 is 42.3 Å². The van der Waals surface area contributed by atoms with Gasteiger partial charge in [-0.1, -0.05) is 38.0 Å². The maximum atomic E-state index is 13.3. The Kier molecular flexibility index (Phi) is 14.1. The molecule has 1 aliphatic rings. The number of carbonyl (C=O) groups excluding carboxylic acids is 3. The first-order valence-electron chi connectivity index (χ1n) is 13.9. The highest BCUT2D eigenvalue weighted by molar-refractivity contribution is 14.1. The van der Waals surface area contributed by atoms with E-state index in [4.69, 9.17) is 10.3 Å². The zero-order valence-corrected chi connectivity index (χ0v) is 26.9. The number of azide groups is 1. The van der Waals surface area contributed by atoms with Crippen LogP contribution >= 0.6 is 22.6 Å². The predicted molar refractivity (Wildman–Crippen MR) is 166 cm³/mol. The third-order valence-electron chi connectivity index (χ3n) is 6.77. The number of aliphatic hydroxyl groups excluding tert-OH is 3. The molecule has 1 saturated heterocycles. The number of allylic oxidation sites excluding steroid dienone is 1. The van der Waals surface area contributed by atoms with Crippen molar-refractivity contribution in [1.82, 2.24) is 15.5 Å². The van der Waals surface area contributed by atoms with Gasteiger partial charge in [0.1, 0.15) is 30.1 Å². The van der Waals surface area contributed by atoms with Crippen LogP contribution in [0.15, 0.2) is 29.4 Å². The minimum atomic E-state index is -1.76. The van der Waals surface area contributed by atoms with Gasteiger partial charge in [0.15, 0.2) is 6.10 Å². The van der Waals surface area contributed by atoms with Crippen molar-refractivity contribution in [2.75, 3.05) is 26.7 Å². The summed E-state index contributed by atoms with van der Waals surface area (Å²) < 4.78 is 5.63. The van der Waals surface area contributed by atoms with E-state index in [1.54, 1.807) is 11.0 Å². The molecule has 1 heterocycles. The Bertz CT molecular complexity index is 1220. The van der Waals surface area contributed by atoms with E-state index in [0.717, 1.165) is 0 Å². The number of ether oxygens (including phenoxy) is 1. The molecule has 6 N–H and O–H groups in total. The van der Waals surface area contributed by atoms with Crippen LogP contribution in [-0.4, -0.2) is 100 Å². The molecule has 0 saturated carbocycles. The minimum Gasteiger partial charge on any atom is -0.507 e. The maximum Gasteiger partial charge on any atom is 0.255 e. The van der Waals surface area contributed by atoms with Crippen LogP contribution in [-0.2, 0) is 14.3 Å². The van der Waals surface area contributed by atoms with Crippen molar-refractivity contribution in [3.63, 3.8) is 0 Å². The number of nitrogens with one attached hydrogen (secondary N) is 2. The number of hydrogen-bond donors (Lipinski definition) is 6. The summed E-state index contributed by atoms with van der Waals surface area (Å²) in [4.78, 5) is 43.1. The fraction of sp³-hybridized carbons (Fsp3) is 0.607. The van der Waals surface area contributed by atoms with Gasteiger partial charge in [-0.05, 0) is 71.4 Å². The average molecular weight is 717 g/mol. The molecule has 0 aliphatic carbocycles. The molecule has 15 heteroatoms.